The fraction of sp³-hybridized carbons (Fsp3) is 0.633. The van der Waals surface area contributed by atoms with Crippen LogP contribution in [0, 0.1) is 34.5 Å². The van der Waals surface area contributed by atoms with Crippen LogP contribution in [0.25, 0.3) is 0 Å². The number of ether oxygens (including phenoxy) is 2. The van der Waals surface area contributed by atoms with Crippen LogP contribution in [-0.2, 0) is 23.9 Å². The molecule has 0 saturated heterocycles. The molecule has 37 heavy (non-hydrogen) atoms. The Morgan fingerprint density at radius 2 is 1.73 bits per heavy atom. The number of hydrogen-bond acceptors (Lipinski definition) is 7. The molecule has 4 aliphatic carbocycles. The Bertz CT molecular complexity index is 1150. The second-order valence-corrected chi connectivity index (χ2v) is 12.0. The van der Waals surface area contributed by atoms with Crippen molar-refractivity contribution < 1.29 is 34.1 Å². The quantitative estimate of drug-likeness (QED) is 0.327. The average molecular weight is 513 g/mol. The van der Waals surface area contributed by atoms with E-state index in [0.717, 1.165) is 0 Å². The number of ketones is 1. The Morgan fingerprint density at radius 3 is 2.32 bits per heavy atom. The summed E-state index contributed by atoms with van der Waals surface area (Å²) in [5, 5.41) is 24.4. The van der Waals surface area contributed by atoms with Gasteiger partial charge in [0.2, 0.25) is 0 Å². The van der Waals surface area contributed by atoms with E-state index >= 15 is 0 Å². The third-order valence-corrected chi connectivity index (χ3v) is 9.82. The Kier molecular flexibility index (Phi) is 6.73. The monoisotopic (exact) mass is 512 g/mol. The maximum Gasteiger partial charge on any atom is 0.334 e. The number of aliphatic hydroxyl groups excluding tert-OH is 1. The van der Waals surface area contributed by atoms with Gasteiger partial charge in [-0.05, 0) is 75.4 Å². The molecule has 0 aromatic heterocycles. The van der Waals surface area contributed by atoms with Crippen molar-refractivity contribution in [2.24, 2.45) is 34.5 Å². The highest BCUT2D eigenvalue weighted by Gasteiger charge is 2.76. The number of hydrogen-bond donors (Lipinski definition) is 2. The van der Waals surface area contributed by atoms with Crippen LogP contribution in [0.4, 0.5) is 0 Å². The molecular formula is C30H40O7. The molecule has 202 valence electrons. The van der Waals surface area contributed by atoms with Crippen molar-refractivity contribution in [3.05, 3.63) is 46.6 Å². The van der Waals surface area contributed by atoms with Crippen LogP contribution in [0.1, 0.15) is 61.8 Å². The predicted molar refractivity (Wildman–Crippen MR) is 138 cm³/mol. The van der Waals surface area contributed by atoms with E-state index in [9.17, 15) is 24.6 Å². The SMILES string of the molecule is C/C=C(/C)C(=O)OCC1=C[C@@H]2C(=O)C3(C=C(C)[C@H](OC(=O)/C(C)=C\C)[C@@]3(O)[C@@H]1O)C(C)C[C@@H]1[C@H]2C1(C)C. The summed E-state index contributed by atoms with van der Waals surface area (Å²) in [4.78, 5) is 39.8. The van der Waals surface area contributed by atoms with Crippen LogP contribution in [0.3, 0.4) is 0 Å². The third kappa shape index (κ3) is 3.72. The molecule has 0 radical (unpaired) electrons. The van der Waals surface area contributed by atoms with Crippen molar-refractivity contribution in [3.63, 3.8) is 0 Å². The van der Waals surface area contributed by atoms with Gasteiger partial charge in [-0.3, -0.25) is 4.79 Å². The van der Waals surface area contributed by atoms with Crippen LogP contribution in [0.5, 0.6) is 0 Å². The van der Waals surface area contributed by atoms with E-state index in [1.807, 2.05) is 6.92 Å². The molecule has 0 aromatic carbocycles. The predicted octanol–water partition coefficient (Wildman–Crippen LogP) is 3.85. The molecule has 0 aliphatic heterocycles. The molecule has 4 aliphatic rings. The number of allylic oxidation sites excluding steroid dienone is 3. The van der Waals surface area contributed by atoms with Crippen molar-refractivity contribution in [2.75, 3.05) is 6.61 Å². The maximum atomic E-state index is 14.5. The van der Waals surface area contributed by atoms with Gasteiger partial charge in [0.05, 0.1) is 5.41 Å². The zero-order valence-electron chi connectivity index (χ0n) is 23.1. The summed E-state index contributed by atoms with van der Waals surface area (Å²) in [6.45, 7) is 14.4. The Morgan fingerprint density at radius 1 is 1.14 bits per heavy atom. The van der Waals surface area contributed by atoms with Crippen molar-refractivity contribution in [1.82, 2.24) is 0 Å². The fourth-order valence-electron chi connectivity index (χ4n) is 7.28. The van der Waals surface area contributed by atoms with Crippen molar-refractivity contribution >= 4 is 17.7 Å². The first kappa shape index (κ1) is 27.5. The van der Waals surface area contributed by atoms with Crippen LogP contribution >= 0.6 is 0 Å². The molecule has 1 spiro atoms. The van der Waals surface area contributed by atoms with Crippen molar-refractivity contribution in [2.45, 2.75) is 79.6 Å². The van der Waals surface area contributed by atoms with E-state index < -0.39 is 41.1 Å². The van der Waals surface area contributed by atoms with Gasteiger partial charge < -0.3 is 19.7 Å². The molecule has 2 N–H and O–H groups in total. The summed E-state index contributed by atoms with van der Waals surface area (Å²) >= 11 is 0. The molecule has 0 amide bonds. The summed E-state index contributed by atoms with van der Waals surface area (Å²) in [5.41, 5.74) is -2.14. The summed E-state index contributed by atoms with van der Waals surface area (Å²) in [6, 6.07) is 0. The molecule has 7 heteroatoms. The first-order valence-electron chi connectivity index (χ1n) is 13.2. The van der Waals surface area contributed by atoms with Crippen molar-refractivity contribution in [3.8, 4) is 0 Å². The number of esters is 2. The minimum Gasteiger partial charge on any atom is -0.458 e. The lowest BCUT2D eigenvalue weighted by molar-refractivity contribution is -0.201. The number of carbonyl (C=O) groups is 3. The number of rotatable bonds is 5. The highest BCUT2D eigenvalue weighted by Crippen LogP contribution is 2.71. The minimum atomic E-state index is -2.15. The summed E-state index contributed by atoms with van der Waals surface area (Å²) in [5.74, 6) is -1.93. The number of Topliss-reactive ketones (excluding diaryl/α,β-unsaturated/α-hetero) is 1. The van der Waals surface area contributed by atoms with Crippen molar-refractivity contribution in [1.29, 1.82) is 0 Å². The topological polar surface area (TPSA) is 110 Å². The molecule has 7 nitrogen and oxygen atoms in total. The van der Waals surface area contributed by atoms with Gasteiger partial charge in [0.1, 0.15) is 12.7 Å². The number of carbonyl (C=O) groups excluding carboxylic acids is 3. The Hall–Kier alpha value is -2.51. The maximum absolute atomic E-state index is 14.5. The van der Waals surface area contributed by atoms with Crippen LogP contribution in [0.15, 0.2) is 46.6 Å². The van der Waals surface area contributed by atoms with Gasteiger partial charge in [-0.2, -0.15) is 0 Å². The molecule has 2 fully saturated rings. The lowest BCUT2D eigenvalue weighted by atomic mass is 9.59. The second-order valence-electron chi connectivity index (χ2n) is 12.0. The average Bonchev–Trinajstić information content (AvgIpc) is 3.35. The lowest BCUT2D eigenvalue weighted by Gasteiger charge is -2.48. The first-order valence-corrected chi connectivity index (χ1v) is 13.2. The largest absolute Gasteiger partial charge is 0.458 e. The third-order valence-electron chi connectivity index (χ3n) is 9.82. The Balaban J connectivity index is 1.86. The van der Waals surface area contributed by atoms with E-state index in [1.54, 1.807) is 58.9 Å². The fourth-order valence-corrected chi connectivity index (χ4v) is 7.28. The molecule has 2 unspecified atom stereocenters. The number of aliphatic hydroxyl groups is 2. The van der Waals surface area contributed by atoms with E-state index in [1.165, 1.54) is 0 Å². The van der Waals surface area contributed by atoms with Gasteiger partial charge in [-0.15, -0.1) is 0 Å². The Labute approximate surface area is 219 Å². The van der Waals surface area contributed by atoms with Gasteiger partial charge in [0.25, 0.3) is 0 Å². The molecule has 0 heterocycles. The molecule has 4 rings (SSSR count). The normalized spacial score (nSPS) is 40.4. The van der Waals surface area contributed by atoms with E-state index in [-0.39, 0.29) is 41.1 Å². The van der Waals surface area contributed by atoms with Crippen LogP contribution in [-0.4, -0.2) is 52.4 Å². The summed E-state index contributed by atoms with van der Waals surface area (Å²) < 4.78 is 11.3. The van der Waals surface area contributed by atoms with E-state index in [2.05, 4.69) is 13.8 Å². The standard InChI is InChI=1S/C30H40O7/c1-9-15(3)26(33)36-14-19-12-20-22-21(28(22,7)8)11-18(6)29(24(20)32)13-17(5)25(30(29,35)23(19)31)37-27(34)16(4)10-2/h9-10,12-13,18,20-23,25,31,35H,11,14H2,1-8H3/b15-9-,16-10-/t18?,20-,21+,22-,23+,25-,29?,30-/m0/s1. The van der Waals surface area contributed by atoms with Crippen LogP contribution < -0.4 is 0 Å². The second kappa shape index (κ2) is 9.05. The minimum absolute atomic E-state index is 0.0416. The van der Waals surface area contributed by atoms with Gasteiger partial charge in [-0.1, -0.05) is 45.1 Å². The van der Waals surface area contributed by atoms with Gasteiger partial charge in [0, 0.05) is 17.1 Å². The number of fused-ring (bicyclic) bond motifs is 3. The smallest absolute Gasteiger partial charge is 0.334 e. The zero-order valence-corrected chi connectivity index (χ0v) is 23.1. The van der Waals surface area contributed by atoms with E-state index in [4.69, 9.17) is 9.47 Å². The summed E-state index contributed by atoms with van der Waals surface area (Å²) in [6.07, 6.45) is 4.56. The lowest BCUT2D eigenvalue weighted by Crippen LogP contribution is -2.65. The highest BCUT2D eigenvalue weighted by molar-refractivity contribution is 5.96. The molecule has 2 bridgehead atoms. The first-order chi connectivity index (χ1) is 17.2. The molecule has 8 atom stereocenters. The highest BCUT2D eigenvalue weighted by atomic mass is 16.6. The molecular weight excluding hydrogens is 472 g/mol. The van der Waals surface area contributed by atoms with Gasteiger partial charge in [0.15, 0.2) is 17.5 Å². The molecule has 2 saturated carbocycles. The zero-order chi connectivity index (χ0) is 27.7. The molecule has 0 aromatic rings. The van der Waals surface area contributed by atoms with Gasteiger partial charge >= 0.3 is 11.9 Å². The summed E-state index contributed by atoms with van der Waals surface area (Å²) in [7, 11) is 0. The van der Waals surface area contributed by atoms with Crippen LogP contribution in [0.2, 0.25) is 0 Å². The van der Waals surface area contributed by atoms with E-state index in [0.29, 0.717) is 23.1 Å². The van der Waals surface area contributed by atoms with Gasteiger partial charge in [-0.25, -0.2) is 9.59 Å².